The Kier molecular flexibility index (Phi) is 7.25. The zero-order valence-electron chi connectivity index (χ0n) is 9.95. The van der Waals surface area contributed by atoms with E-state index in [1.165, 1.54) is 0 Å². The maximum absolute atomic E-state index is 10.9. The number of hydrogen-bond acceptors (Lipinski definition) is 2. The number of unbranched alkanes of at least 4 members (excludes halogenated alkanes) is 2. The molecule has 16 heavy (non-hydrogen) atoms. The molecule has 0 aliphatic heterocycles. The van der Waals surface area contributed by atoms with E-state index in [-0.39, 0.29) is 0 Å². The Morgan fingerprint density at radius 1 is 0.875 bits per heavy atom. The minimum atomic E-state index is -1.32. The van der Waals surface area contributed by atoms with Crippen LogP contribution in [-0.2, 0) is 9.59 Å². The van der Waals surface area contributed by atoms with Crippen molar-refractivity contribution < 1.29 is 19.8 Å². The molecule has 4 heteroatoms. The summed E-state index contributed by atoms with van der Waals surface area (Å²) in [5.41, 5.74) is 0.144. The van der Waals surface area contributed by atoms with Crippen LogP contribution in [-0.4, -0.2) is 22.2 Å². The third-order valence-electron chi connectivity index (χ3n) is 2.45. The molecule has 0 saturated heterocycles. The Balaban J connectivity index is 4.94. The number of hydrogen-bond donors (Lipinski definition) is 2. The predicted molar refractivity (Wildman–Crippen MR) is 61.3 cm³/mol. The normalized spacial score (nSPS) is 9.88. The lowest BCUT2D eigenvalue weighted by molar-refractivity contribution is -0.140. The lowest BCUT2D eigenvalue weighted by Gasteiger charge is -2.09. The molecular formula is C12H20O4. The van der Waals surface area contributed by atoms with Crippen LogP contribution in [0.4, 0.5) is 0 Å². The summed E-state index contributed by atoms with van der Waals surface area (Å²) in [7, 11) is 0. The minimum Gasteiger partial charge on any atom is -0.477 e. The molecule has 0 heterocycles. The van der Waals surface area contributed by atoms with Crippen LogP contribution >= 0.6 is 0 Å². The summed E-state index contributed by atoms with van der Waals surface area (Å²) in [5.74, 6) is -2.65. The van der Waals surface area contributed by atoms with Crippen LogP contribution in [0.15, 0.2) is 11.1 Å². The fourth-order valence-electron chi connectivity index (χ4n) is 1.55. The Labute approximate surface area is 96.0 Å². The third kappa shape index (κ3) is 4.96. The van der Waals surface area contributed by atoms with Crippen molar-refractivity contribution in [3.05, 3.63) is 11.1 Å². The molecule has 0 bridgehead atoms. The van der Waals surface area contributed by atoms with E-state index in [0.29, 0.717) is 18.4 Å². The van der Waals surface area contributed by atoms with E-state index in [2.05, 4.69) is 0 Å². The maximum Gasteiger partial charge on any atom is 0.343 e. The lowest BCUT2D eigenvalue weighted by atomic mass is 9.97. The highest BCUT2D eigenvalue weighted by Crippen LogP contribution is 2.20. The van der Waals surface area contributed by atoms with Gasteiger partial charge in [0, 0.05) is 0 Å². The largest absolute Gasteiger partial charge is 0.477 e. The van der Waals surface area contributed by atoms with E-state index in [1.807, 2.05) is 13.8 Å². The summed E-state index contributed by atoms with van der Waals surface area (Å²) < 4.78 is 0. The molecular weight excluding hydrogens is 208 g/mol. The van der Waals surface area contributed by atoms with Crippen LogP contribution in [0.2, 0.25) is 0 Å². The molecule has 0 amide bonds. The van der Waals surface area contributed by atoms with Gasteiger partial charge in [0.05, 0.1) is 0 Å². The molecule has 2 N–H and O–H groups in total. The molecule has 0 atom stereocenters. The topological polar surface area (TPSA) is 74.6 Å². The van der Waals surface area contributed by atoms with Gasteiger partial charge in [0.1, 0.15) is 5.57 Å². The minimum absolute atomic E-state index is 0.429. The van der Waals surface area contributed by atoms with Crippen molar-refractivity contribution in [1.29, 1.82) is 0 Å². The summed E-state index contributed by atoms with van der Waals surface area (Å²) in [6.07, 6.45) is 4.69. The first-order valence-electron chi connectivity index (χ1n) is 5.73. The van der Waals surface area contributed by atoms with Gasteiger partial charge in [0.25, 0.3) is 0 Å². The Hall–Kier alpha value is -1.32. The van der Waals surface area contributed by atoms with Gasteiger partial charge in [-0.2, -0.15) is 0 Å². The molecule has 4 nitrogen and oxygen atoms in total. The molecule has 0 aromatic heterocycles. The van der Waals surface area contributed by atoms with Crippen molar-refractivity contribution in [3.63, 3.8) is 0 Å². The summed E-state index contributed by atoms with van der Waals surface area (Å²) >= 11 is 0. The Morgan fingerprint density at radius 3 is 1.50 bits per heavy atom. The van der Waals surface area contributed by atoms with Crippen molar-refractivity contribution in [2.24, 2.45) is 0 Å². The average Bonchev–Trinajstić information content (AvgIpc) is 2.20. The molecule has 0 radical (unpaired) electrons. The van der Waals surface area contributed by atoms with Gasteiger partial charge in [0.2, 0.25) is 0 Å². The first-order chi connectivity index (χ1) is 7.54. The van der Waals surface area contributed by atoms with Gasteiger partial charge in [-0.05, 0) is 31.3 Å². The lowest BCUT2D eigenvalue weighted by Crippen LogP contribution is -2.14. The van der Waals surface area contributed by atoms with Gasteiger partial charge >= 0.3 is 11.9 Å². The van der Waals surface area contributed by atoms with Gasteiger partial charge < -0.3 is 10.2 Å². The fourth-order valence-corrected chi connectivity index (χ4v) is 1.55. The molecule has 0 fully saturated rings. The SMILES string of the molecule is CCCCC(CCCC)=C(C(=O)O)C(=O)O. The second-order valence-corrected chi connectivity index (χ2v) is 3.80. The summed E-state index contributed by atoms with van der Waals surface area (Å²) in [6, 6.07) is 0. The van der Waals surface area contributed by atoms with Crippen molar-refractivity contribution >= 4 is 11.9 Å². The highest BCUT2D eigenvalue weighted by atomic mass is 16.4. The fraction of sp³-hybridized carbons (Fsp3) is 0.667. The van der Waals surface area contributed by atoms with Gasteiger partial charge in [0.15, 0.2) is 0 Å². The monoisotopic (exact) mass is 228 g/mol. The Morgan fingerprint density at radius 2 is 1.25 bits per heavy atom. The van der Waals surface area contributed by atoms with Crippen LogP contribution in [0.1, 0.15) is 52.4 Å². The van der Waals surface area contributed by atoms with E-state index in [9.17, 15) is 9.59 Å². The van der Waals surface area contributed by atoms with E-state index in [0.717, 1.165) is 25.7 Å². The standard InChI is InChI=1S/C12H20O4/c1-3-5-7-9(8-6-4-2)10(11(13)14)12(15)16/h3-8H2,1-2H3,(H,13,14)(H,15,16). The molecule has 0 aliphatic carbocycles. The van der Waals surface area contributed by atoms with Gasteiger partial charge in [-0.3, -0.25) is 0 Å². The van der Waals surface area contributed by atoms with E-state index >= 15 is 0 Å². The quantitative estimate of drug-likeness (QED) is 0.380. The second kappa shape index (κ2) is 7.91. The van der Waals surface area contributed by atoms with Crippen LogP contribution in [0.3, 0.4) is 0 Å². The zero-order valence-corrected chi connectivity index (χ0v) is 9.95. The zero-order chi connectivity index (χ0) is 12.6. The molecule has 0 aromatic rings. The number of rotatable bonds is 8. The smallest absolute Gasteiger partial charge is 0.343 e. The Bertz CT molecular complexity index is 253. The summed E-state index contributed by atoms with van der Waals surface area (Å²) in [6.45, 7) is 4.00. The van der Waals surface area contributed by atoms with Gasteiger partial charge in [-0.15, -0.1) is 0 Å². The van der Waals surface area contributed by atoms with Crippen LogP contribution < -0.4 is 0 Å². The average molecular weight is 228 g/mol. The van der Waals surface area contributed by atoms with Crippen molar-refractivity contribution in [1.82, 2.24) is 0 Å². The number of allylic oxidation sites excluding steroid dienone is 1. The van der Waals surface area contributed by atoms with Crippen molar-refractivity contribution in [2.75, 3.05) is 0 Å². The number of carboxylic acid groups (broad SMARTS) is 2. The molecule has 92 valence electrons. The molecule has 0 aliphatic rings. The molecule has 0 saturated carbocycles. The summed E-state index contributed by atoms with van der Waals surface area (Å²) in [4.78, 5) is 21.7. The van der Waals surface area contributed by atoms with Crippen LogP contribution in [0.25, 0.3) is 0 Å². The summed E-state index contributed by atoms with van der Waals surface area (Å²) in [5, 5.41) is 17.7. The molecule has 0 rings (SSSR count). The van der Waals surface area contributed by atoms with Crippen LogP contribution in [0.5, 0.6) is 0 Å². The molecule has 0 aromatic carbocycles. The van der Waals surface area contributed by atoms with Gasteiger partial charge in [-0.25, -0.2) is 9.59 Å². The highest BCUT2D eigenvalue weighted by Gasteiger charge is 2.20. The first kappa shape index (κ1) is 14.7. The highest BCUT2D eigenvalue weighted by molar-refractivity contribution is 6.13. The second-order valence-electron chi connectivity index (χ2n) is 3.80. The van der Waals surface area contributed by atoms with Crippen molar-refractivity contribution in [2.45, 2.75) is 52.4 Å². The third-order valence-corrected chi connectivity index (χ3v) is 2.45. The van der Waals surface area contributed by atoms with E-state index in [1.54, 1.807) is 0 Å². The number of carboxylic acids is 2. The molecule has 0 unspecified atom stereocenters. The van der Waals surface area contributed by atoms with Gasteiger partial charge in [-0.1, -0.05) is 26.7 Å². The number of aliphatic carboxylic acids is 2. The van der Waals surface area contributed by atoms with Crippen molar-refractivity contribution in [3.8, 4) is 0 Å². The first-order valence-corrected chi connectivity index (χ1v) is 5.73. The van der Waals surface area contributed by atoms with E-state index in [4.69, 9.17) is 10.2 Å². The number of carbonyl (C=O) groups is 2. The predicted octanol–water partition coefficient (Wildman–Crippen LogP) is 2.83. The molecule has 0 spiro atoms. The van der Waals surface area contributed by atoms with Crippen LogP contribution in [0, 0.1) is 0 Å². The maximum atomic E-state index is 10.9. The van der Waals surface area contributed by atoms with E-state index < -0.39 is 17.5 Å².